The van der Waals surface area contributed by atoms with Crippen LogP contribution in [-0.4, -0.2) is 22.6 Å². The second-order valence-corrected chi connectivity index (χ2v) is 4.18. The quantitative estimate of drug-likeness (QED) is 0.775. The van der Waals surface area contributed by atoms with Crippen molar-refractivity contribution < 1.29 is 0 Å². The van der Waals surface area contributed by atoms with Crippen molar-refractivity contribution in [1.29, 1.82) is 0 Å². The Morgan fingerprint density at radius 3 is 2.93 bits per heavy atom. The molecule has 0 bridgehead atoms. The van der Waals surface area contributed by atoms with E-state index in [1.807, 2.05) is 6.92 Å². The van der Waals surface area contributed by atoms with E-state index in [9.17, 15) is 0 Å². The Morgan fingerprint density at radius 2 is 2.20 bits per heavy atom. The normalized spacial score (nSPS) is 16.2. The first-order chi connectivity index (χ1) is 7.20. The Bertz CT molecular complexity index is 362. The molecule has 1 aromatic rings. The number of hydrogen-bond acceptors (Lipinski definition) is 4. The molecule has 1 aliphatic rings. The molecule has 1 atom stereocenters. The monoisotopic (exact) mass is 206 g/mol. The zero-order valence-corrected chi connectivity index (χ0v) is 9.38. The lowest BCUT2D eigenvalue weighted by atomic mass is 10.2. The lowest BCUT2D eigenvalue weighted by Crippen LogP contribution is -2.26. The van der Waals surface area contributed by atoms with E-state index < -0.39 is 0 Å². The number of nitrogens with zero attached hydrogens (tertiary/aromatic N) is 2. The number of aryl methyl sites for hydroxylation is 2. The third kappa shape index (κ3) is 2.09. The highest BCUT2D eigenvalue weighted by Crippen LogP contribution is 2.26. The highest BCUT2D eigenvalue weighted by molar-refractivity contribution is 5.49. The molecular formula is C11H18N4. The molecule has 82 valence electrons. The van der Waals surface area contributed by atoms with Crippen LogP contribution in [0.2, 0.25) is 0 Å². The Balaban J connectivity index is 2.30. The summed E-state index contributed by atoms with van der Waals surface area (Å²) in [6, 6.07) is 0.268. The minimum absolute atomic E-state index is 0.268. The van der Waals surface area contributed by atoms with Gasteiger partial charge in [-0.2, -0.15) is 0 Å². The smallest absolute Gasteiger partial charge is 0.133 e. The van der Waals surface area contributed by atoms with Crippen LogP contribution >= 0.6 is 0 Å². The minimum Gasteiger partial charge on any atom is -0.366 e. The number of rotatable bonds is 3. The van der Waals surface area contributed by atoms with Crippen LogP contribution in [0.15, 0.2) is 0 Å². The third-order valence-electron chi connectivity index (χ3n) is 2.78. The highest BCUT2D eigenvalue weighted by Gasteiger charge is 2.18. The van der Waals surface area contributed by atoms with Crippen LogP contribution in [0.3, 0.4) is 0 Å². The van der Waals surface area contributed by atoms with Crippen LogP contribution in [0.4, 0.5) is 5.82 Å². The topological polar surface area (TPSA) is 63.8 Å². The van der Waals surface area contributed by atoms with E-state index in [-0.39, 0.29) is 6.04 Å². The fraction of sp³-hybridized carbons (Fsp3) is 0.636. The van der Waals surface area contributed by atoms with Crippen molar-refractivity contribution in [2.24, 2.45) is 5.73 Å². The summed E-state index contributed by atoms with van der Waals surface area (Å²) in [4.78, 5) is 8.92. The minimum atomic E-state index is 0.268. The largest absolute Gasteiger partial charge is 0.366 e. The van der Waals surface area contributed by atoms with E-state index in [1.165, 1.54) is 17.7 Å². The molecule has 1 aliphatic carbocycles. The van der Waals surface area contributed by atoms with Gasteiger partial charge < -0.3 is 11.1 Å². The van der Waals surface area contributed by atoms with E-state index in [4.69, 9.17) is 5.73 Å². The van der Waals surface area contributed by atoms with Gasteiger partial charge in [0.2, 0.25) is 0 Å². The molecule has 0 amide bonds. The van der Waals surface area contributed by atoms with E-state index in [0.29, 0.717) is 6.54 Å². The summed E-state index contributed by atoms with van der Waals surface area (Å²) in [5.74, 6) is 1.84. The summed E-state index contributed by atoms with van der Waals surface area (Å²) in [6.45, 7) is 4.63. The number of nitrogens with two attached hydrogens (primary N) is 1. The molecule has 1 aromatic heterocycles. The molecule has 0 radical (unpaired) electrons. The molecule has 0 aromatic carbocycles. The Hall–Kier alpha value is -1.16. The van der Waals surface area contributed by atoms with Gasteiger partial charge in [0.15, 0.2) is 0 Å². The van der Waals surface area contributed by atoms with Crippen LogP contribution in [0.25, 0.3) is 0 Å². The van der Waals surface area contributed by atoms with Crippen LogP contribution < -0.4 is 11.1 Å². The third-order valence-corrected chi connectivity index (χ3v) is 2.78. The maximum absolute atomic E-state index is 5.60. The van der Waals surface area contributed by atoms with Crippen LogP contribution in [0, 0.1) is 6.92 Å². The SMILES string of the molecule is Cc1nc2c(c(NC(C)CN)n1)CCC2. The van der Waals surface area contributed by atoms with Gasteiger partial charge in [-0.3, -0.25) is 0 Å². The van der Waals surface area contributed by atoms with Gasteiger partial charge in [0.1, 0.15) is 11.6 Å². The Morgan fingerprint density at radius 1 is 1.40 bits per heavy atom. The molecule has 0 saturated carbocycles. The average molecular weight is 206 g/mol. The van der Waals surface area contributed by atoms with Gasteiger partial charge in [-0.1, -0.05) is 0 Å². The molecule has 3 N–H and O–H groups in total. The van der Waals surface area contributed by atoms with Crippen molar-refractivity contribution in [3.8, 4) is 0 Å². The zero-order valence-electron chi connectivity index (χ0n) is 9.38. The first-order valence-corrected chi connectivity index (χ1v) is 5.53. The van der Waals surface area contributed by atoms with Gasteiger partial charge in [0.05, 0.1) is 0 Å². The number of fused-ring (bicyclic) bond motifs is 1. The van der Waals surface area contributed by atoms with Crippen LogP contribution in [0.5, 0.6) is 0 Å². The molecule has 0 fully saturated rings. The second kappa shape index (κ2) is 4.14. The molecular weight excluding hydrogens is 188 g/mol. The fourth-order valence-corrected chi connectivity index (χ4v) is 1.97. The predicted molar refractivity (Wildman–Crippen MR) is 60.9 cm³/mol. The van der Waals surface area contributed by atoms with Crippen molar-refractivity contribution in [3.05, 3.63) is 17.1 Å². The lowest BCUT2D eigenvalue weighted by molar-refractivity contribution is 0.791. The van der Waals surface area contributed by atoms with Gasteiger partial charge in [-0.15, -0.1) is 0 Å². The zero-order chi connectivity index (χ0) is 10.8. The van der Waals surface area contributed by atoms with E-state index in [0.717, 1.165) is 24.5 Å². The molecule has 4 heteroatoms. The molecule has 1 unspecified atom stereocenters. The molecule has 0 aliphatic heterocycles. The highest BCUT2D eigenvalue weighted by atomic mass is 15.1. The lowest BCUT2D eigenvalue weighted by Gasteiger charge is -2.15. The Kier molecular flexibility index (Phi) is 2.86. The number of nitrogens with one attached hydrogen (secondary N) is 1. The van der Waals surface area contributed by atoms with Crippen molar-refractivity contribution in [1.82, 2.24) is 9.97 Å². The maximum atomic E-state index is 5.60. The van der Waals surface area contributed by atoms with Gasteiger partial charge in [0, 0.05) is 23.8 Å². The first-order valence-electron chi connectivity index (χ1n) is 5.53. The first kappa shape index (κ1) is 10.4. The van der Waals surface area contributed by atoms with E-state index in [2.05, 4.69) is 22.2 Å². The van der Waals surface area contributed by atoms with Crippen LogP contribution in [0.1, 0.15) is 30.4 Å². The summed E-state index contributed by atoms with van der Waals surface area (Å²) in [5, 5.41) is 3.36. The summed E-state index contributed by atoms with van der Waals surface area (Å²) < 4.78 is 0. The van der Waals surface area contributed by atoms with E-state index >= 15 is 0 Å². The predicted octanol–water partition coefficient (Wildman–Crippen LogP) is 1.03. The molecule has 0 spiro atoms. The summed E-state index contributed by atoms with van der Waals surface area (Å²) in [6.07, 6.45) is 3.37. The van der Waals surface area contributed by atoms with Crippen molar-refractivity contribution >= 4 is 5.82 Å². The van der Waals surface area contributed by atoms with Gasteiger partial charge in [0.25, 0.3) is 0 Å². The summed E-state index contributed by atoms with van der Waals surface area (Å²) >= 11 is 0. The molecule has 1 heterocycles. The molecule has 0 saturated heterocycles. The van der Waals surface area contributed by atoms with Crippen molar-refractivity contribution in [3.63, 3.8) is 0 Å². The van der Waals surface area contributed by atoms with E-state index in [1.54, 1.807) is 0 Å². The van der Waals surface area contributed by atoms with Crippen LogP contribution in [-0.2, 0) is 12.8 Å². The fourth-order valence-electron chi connectivity index (χ4n) is 1.97. The average Bonchev–Trinajstić information content (AvgIpc) is 2.65. The summed E-state index contributed by atoms with van der Waals surface area (Å²) in [7, 11) is 0. The molecule has 15 heavy (non-hydrogen) atoms. The van der Waals surface area contributed by atoms with Crippen molar-refractivity contribution in [2.75, 3.05) is 11.9 Å². The van der Waals surface area contributed by atoms with Gasteiger partial charge in [-0.25, -0.2) is 9.97 Å². The molecule has 4 nitrogen and oxygen atoms in total. The standard InChI is InChI=1S/C11H18N4/c1-7(6-12)13-11-9-4-3-5-10(9)14-8(2)15-11/h7H,3-6,12H2,1-2H3,(H,13,14,15). The number of anilines is 1. The number of hydrogen-bond donors (Lipinski definition) is 2. The van der Waals surface area contributed by atoms with Crippen molar-refractivity contribution in [2.45, 2.75) is 39.2 Å². The summed E-state index contributed by atoms with van der Waals surface area (Å²) in [5.41, 5.74) is 8.11. The Labute approximate surface area is 90.3 Å². The molecule has 2 rings (SSSR count). The van der Waals surface area contributed by atoms with Gasteiger partial charge in [-0.05, 0) is 33.1 Å². The maximum Gasteiger partial charge on any atom is 0.133 e. The number of aromatic nitrogens is 2. The van der Waals surface area contributed by atoms with Gasteiger partial charge >= 0.3 is 0 Å². The second-order valence-electron chi connectivity index (χ2n) is 4.18.